The van der Waals surface area contributed by atoms with Crippen LogP contribution in [-0.4, -0.2) is 8.42 Å². The average molecular weight is 168 g/mol. The maximum Gasteiger partial charge on any atom is 0.168 e. The van der Waals surface area contributed by atoms with E-state index in [1.807, 2.05) is 0 Å². The highest BCUT2D eigenvalue weighted by Crippen LogP contribution is 2.06. The number of rotatable bonds is 2. The highest BCUT2D eigenvalue weighted by molar-refractivity contribution is 7.72. The van der Waals surface area contributed by atoms with Gasteiger partial charge in [-0.3, -0.25) is 0 Å². The van der Waals surface area contributed by atoms with Gasteiger partial charge in [-0.1, -0.05) is 24.8 Å². The Kier molecular flexibility index (Phi) is 2.44. The van der Waals surface area contributed by atoms with Gasteiger partial charge in [0.05, 0.1) is 4.90 Å². The summed E-state index contributed by atoms with van der Waals surface area (Å²) in [7, 11) is -2.47. The van der Waals surface area contributed by atoms with Crippen LogP contribution in [0.15, 0.2) is 35.7 Å². The SMILES string of the molecule is C=Cc1cccc([SH](=O)=O)c1. The normalized spacial score (nSPS) is 9.91. The molecule has 3 heteroatoms. The van der Waals surface area contributed by atoms with E-state index < -0.39 is 10.7 Å². The highest BCUT2D eigenvalue weighted by Gasteiger charge is 1.92. The van der Waals surface area contributed by atoms with E-state index in [1.54, 1.807) is 30.3 Å². The van der Waals surface area contributed by atoms with E-state index >= 15 is 0 Å². The van der Waals surface area contributed by atoms with Crippen LogP contribution in [0.3, 0.4) is 0 Å². The molecule has 0 spiro atoms. The predicted molar refractivity (Wildman–Crippen MR) is 45.1 cm³/mol. The molecule has 0 N–H and O–H groups in total. The molecule has 0 unspecified atom stereocenters. The molecule has 0 radical (unpaired) electrons. The summed E-state index contributed by atoms with van der Waals surface area (Å²) in [6.45, 7) is 3.53. The van der Waals surface area contributed by atoms with Crippen LogP contribution in [0.25, 0.3) is 6.08 Å². The molecule has 0 atom stereocenters. The van der Waals surface area contributed by atoms with Crippen molar-refractivity contribution in [2.45, 2.75) is 4.90 Å². The van der Waals surface area contributed by atoms with Gasteiger partial charge in [0.1, 0.15) is 0 Å². The van der Waals surface area contributed by atoms with Gasteiger partial charge in [0.25, 0.3) is 0 Å². The van der Waals surface area contributed by atoms with Crippen molar-refractivity contribution < 1.29 is 8.42 Å². The molecule has 1 rings (SSSR count). The van der Waals surface area contributed by atoms with Gasteiger partial charge in [0.15, 0.2) is 10.7 Å². The van der Waals surface area contributed by atoms with Gasteiger partial charge in [-0.2, -0.15) is 0 Å². The molecule has 0 saturated heterocycles. The van der Waals surface area contributed by atoms with Gasteiger partial charge in [-0.15, -0.1) is 0 Å². The summed E-state index contributed by atoms with van der Waals surface area (Å²) in [5.74, 6) is 0. The zero-order valence-corrected chi connectivity index (χ0v) is 6.75. The van der Waals surface area contributed by atoms with Crippen LogP contribution in [0, 0.1) is 0 Å². The van der Waals surface area contributed by atoms with Crippen LogP contribution >= 0.6 is 0 Å². The average Bonchev–Trinajstić information content (AvgIpc) is 2.05. The number of hydrogen-bond donors (Lipinski definition) is 1. The van der Waals surface area contributed by atoms with E-state index in [1.165, 1.54) is 0 Å². The molecule has 0 saturated carbocycles. The molecule has 0 bridgehead atoms. The van der Waals surface area contributed by atoms with Gasteiger partial charge >= 0.3 is 0 Å². The second-order valence-electron chi connectivity index (χ2n) is 2.06. The van der Waals surface area contributed by atoms with E-state index in [4.69, 9.17) is 0 Å². The molecule has 0 aliphatic carbocycles. The fourth-order valence-corrected chi connectivity index (χ4v) is 1.23. The van der Waals surface area contributed by atoms with Gasteiger partial charge in [-0.25, -0.2) is 8.42 Å². The topological polar surface area (TPSA) is 34.1 Å². The van der Waals surface area contributed by atoms with E-state index in [-0.39, 0.29) is 0 Å². The molecule has 0 aliphatic heterocycles. The summed E-state index contributed by atoms with van der Waals surface area (Å²) >= 11 is 0. The van der Waals surface area contributed by atoms with Crippen molar-refractivity contribution in [2.24, 2.45) is 0 Å². The highest BCUT2D eigenvalue weighted by atomic mass is 32.2. The molecule has 0 aliphatic rings. The summed E-state index contributed by atoms with van der Waals surface area (Å²) in [6.07, 6.45) is 1.61. The molecule has 0 aromatic heterocycles. The van der Waals surface area contributed by atoms with Crippen LogP contribution < -0.4 is 0 Å². The third-order valence-corrected chi connectivity index (χ3v) is 2.02. The van der Waals surface area contributed by atoms with Crippen molar-refractivity contribution in [3.63, 3.8) is 0 Å². The predicted octanol–water partition coefficient (Wildman–Crippen LogP) is 1.30. The fraction of sp³-hybridized carbons (Fsp3) is 0. The number of thiol groups is 1. The lowest BCUT2D eigenvalue weighted by Gasteiger charge is -1.92. The molecule has 0 amide bonds. The fourth-order valence-electron chi connectivity index (χ4n) is 0.765. The van der Waals surface area contributed by atoms with Crippen molar-refractivity contribution in [1.82, 2.24) is 0 Å². The van der Waals surface area contributed by atoms with Gasteiger partial charge in [0, 0.05) is 0 Å². The first-order valence-corrected chi connectivity index (χ1v) is 4.28. The zero-order chi connectivity index (χ0) is 8.27. The molecular weight excluding hydrogens is 160 g/mol. The van der Waals surface area contributed by atoms with Crippen LogP contribution in [-0.2, 0) is 10.7 Å². The van der Waals surface area contributed by atoms with Crippen molar-refractivity contribution in [2.75, 3.05) is 0 Å². The monoisotopic (exact) mass is 168 g/mol. The van der Waals surface area contributed by atoms with Gasteiger partial charge in [-0.05, 0) is 17.7 Å². The maximum absolute atomic E-state index is 10.5. The molecule has 0 heterocycles. The third kappa shape index (κ3) is 1.91. The van der Waals surface area contributed by atoms with Crippen LogP contribution in [0.5, 0.6) is 0 Å². The maximum atomic E-state index is 10.5. The molecule has 58 valence electrons. The number of hydrogen-bond acceptors (Lipinski definition) is 2. The Morgan fingerprint density at radius 2 is 2.09 bits per heavy atom. The van der Waals surface area contributed by atoms with Crippen LogP contribution in [0.1, 0.15) is 5.56 Å². The summed E-state index contributed by atoms with van der Waals surface area (Å²) in [5.41, 5.74) is 0.821. The van der Waals surface area contributed by atoms with E-state index in [2.05, 4.69) is 6.58 Å². The Hall–Kier alpha value is -1.09. The van der Waals surface area contributed by atoms with Crippen molar-refractivity contribution in [1.29, 1.82) is 0 Å². The van der Waals surface area contributed by atoms with E-state index in [0.717, 1.165) is 5.56 Å². The Morgan fingerprint density at radius 3 is 2.64 bits per heavy atom. The smallest absolute Gasteiger partial charge is 0.168 e. The number of benzene rings is 1. The lowest BCUT2D eigenvalue weighted by atomic mass is 10.2. The standard InChI is InChI=1S/C8H8O2S/c1-2-7-4-3-5-8(6-7)11(9)10/h2-6,11H,1H2. The zero-order valence-electron chi connectivity index (χ0n) is 5.86. The Bertz CT molecular complexity index is 332. The minimum atomic E-state index is -2.47. The Morgan fingerprint density at radius 1 is 1.36 bits per heavy atom. The summed E-state index contributed by atoms with van der Waals surface area (Å²) in [4.78, 5) is 0.331. The molecule has 11 heavy (non-hydrogen) atoms. The minimum absolute atomic E-state index is 0.331. The van der Waals surface area contributed by atoms with Crippen LogP contribution in [0.4, 0.5) is 0 Å². The molecular formula is C8H8O2S. The third-order valence-electron chi connectivity index (χ3n) is 1.32. The van der Waals surface area contributed by atoms with Crippen LogP contribution in [0.2, 0.25) is 0 Å². The second kappa shape index (κ2) is 3.34. The Balaban J connectivity index is 3.20. The van der Waals surface area contributed by atoms with E-state index in [0.29, 0.717) is 4.90 Å². The molecule has 0 fully saturated rings. The summed E-state index contributed by atoms with van der Waals surface area (Å²) in [5, 5.41) is 0. The van der Waals surface area contributed by atoms with Crippen molar-refractivity contribution >= 4 is 16.8 Å². The van der Waals surface area contributed by atoms with Gasteiger partial charge < -0.3 is 0 Å². The largest absolute Gasteiger partial charge is 0.227 e. The van der Waals surface area contributed by atoms with Crippen molar-refractivity contribution in [3.8, 4) is 0 Å². The second-order valence-corrected chi connectivity index (χ2v) is 3.09. The molecule has 1 aromatic rings. The quantitative estimate of drug-likeness (QED) is 0.675. The Labute approximate surface area is 67.1 Å². The molecule has 1 aromatic carbocycles. The van der Waals surface area contributed by atoms with Crippen molar-refractivity contribution in [3.05, 3.63) is 36.4 Å². The first kappa shape index (κ1) is 8.01. The molecule has 2 nitrogen and oxygen atoms in total. The lowest BCUT2D eigenvalue weighted by Crippen LogP contribution is -1.79. The first-order valence-electron chi connectivity index (χ1n) is 3.11. The lowest BCUT2D eigenvalue weighted by molar-refractivity contribution is 0.614. The van der Waals surface area contributed by atoms with E-state index in [9.17, 15) is 8.42 Å². The first-order chi connectivity index (χ1) is 5.24. The van der Waals surface area contributed by atoms with Gasteiger partial charge in [0.2, 0.25) is 0 Å². The summed E-state index contributed by atoms with van der Waals surface area (Å²) < 4.78 is 20.9. The minimum Gasteiger partial charge on any atom is -0.227 e. The summed E-state index contributed by atoms with van der Waals surface area (Å²) in [6, 6.07) is 6.63.